The van der Waals surface area contributed by atoms with E-state index >= 15 is 0 Å². The van der Waals surface area contributed by atoms with Crippen LogP contribution in [0.2, 0.25) is 0 Å². The fraction of sp³-hybridized carbons (Fsp3) is 0.115. The number of carbonyl (C=O) groups is 1. The molecule has 4 rings (SSSR count). The number of Topliss-reactive ketones (excluding diaryl/α,β-unsaturated/α-hetero) is 1. The van der Waals surface area contributed by atoms with Crippen LogP contribution in [0.3, 0.4) is 0 Å². The van der Waals surface area contributed by atoms with Gasteiger partial charge >= 0.3 is 0 Å². The lowest BCUT2D eigenvalue weighted by Gasteiger charge is -2.14. The summed E-state index contributed by atoms with van der Waals surface area (Å²) in [6, 6.07) is 21.4. The van der Waals surface area contributed by atoms with Crippen LogP contribution in [0.15, 0.2) is 82.6 Å². The Morgan fingerprint density at radius 1 is 1.03 bits per heavy atom. The molecule has 0 saturated carbocycles. The van der Waals surface area contributed by atoms with E-state index in [1.165, 1.54) is 17.7 Å². The Balaban J connectivity index is 1.82. The summed E-state index contributed by atoms with van der Waals surface area (Å²) in [6.07, 6.45) is 1.53. The molecule has 1 aromatic heterocycles. The lowest BCUT2D eigenvalue weighted by Crippen LogP contribution is -2.22. The van der Waals surface area contributed by atoms with Crippen LogP contribution in [-0.2, 0) is 6.54 Å². The molecule has 3 aromatic carbocycles. The van der Waals surface area contributed by atoms with Crippen molar-refractivity contribution in [3.05, 3.63) is 99.8 Å². The maximum Gasteiger partial charge on any atom is 0.261 e. The monoisotopic (exact) mass is 426 g/mol. The summed E-state index contributed by atoms with van der Waals surface area (Å²) in [7, 11) is 1.59. The van der Waals surface area contributed by atoms with Crippen molar-refractivity contribution in [1.29, 1.82) is 0 Å². The number of benzene rings is 3. The van der Waals surface area contributed by atoms with Crippen LogP contribution in [0.5, 0.6) is 11.6 Å². The van der Waals surface area contributed by atoms with Gasteiger partial charge in [-0.3, -0.25) is 19.1 Å². The summed E-state index contributed by atoms with van der Waals surface area (Å²) >= 11 is 0. The number of methoxy groups -OCH3 is 1. The van der Waals surface area contributed by atoms with Crippen molar-refractivity contribution in [2.75, 3.05) is 7.11 Å². The van der Waals surface area contributed by atoms with Crippen LogP contribution in [0.25, 0.3) is 10.8 Å². The highest BCUT2D eigenvalue weighted by Crippen LogP contribution is 2.25. The van der Waals surface area contributed by atoms with E-state index in [4.69, 9.17) is 4.74 Å². The molecular formula is C26H22N2O4. The van der Waals surface area contributed by atoms with Crippen LogP contribution in [0.1, 0.15) is 28.4 Å². The van der Waals surface area contributed by atoms with Gasteiger partial charge in [0.1, 0.15) is 5.75 Å². The van der Waals surface area contributed by atoms with E-state index in [9.17, 15) is 14.7 Å². The Morgan fingerprint density at radius 2 is 1.75 bits per heavy atom. The van der Waals surface area contributed by atoms with Crippen molar-refractivity contribution < 1.29 is 14.6 Å². The lowest BCUT2D eigenvalue weighted by molar-refractivity contribution is 0.101. The van der Waals surface area contributed by atoms with Gasteiger partial charge in [0, 0.05) is 22.6 Å². The predicted molar refractivity (Wildman–Crippen MR) is 126 cm³/mol. The van der Waals surface area contributed by atoms with Gasteiger partial charge in [-0.1, -0.05) is 42.5 Å². The zero-order chi connectivity index (χ0) is 22.7. The molecule has 0 aliphatic heterocycles. The molecule has 0 amide bonds. The number of ether oxygens (including phenoxy) is 1. The fourth-order valence-electron chi connectivity index (χ4n) is 3.54. The van der Waals surface area contributed by atoms with Gasteiger partial charge in [0.05, 0.1) is 24.9 Å². The number of aromatic nitrogens is 1. The van der Waals surface area contributed by atoms with Gasteiger partial charge in [0.15, 0.2) is 5.78 Å². The van der Waals surface area contributed by atoms with Crippen molar-refractivity contribution in [2.45, 2.75) is 13.5 Å². The van der Waals surface area contributed by atoms with Gasteiger partial charge in [-0.15, -0.1) is 0 Å². The van der Waals surface area contributed by atoms with E-state index in [2.05, 4.69) is 4.99 Å². The molecule has 1 N–H and O–H groups in total. The molecule has 0 radical (unpaired) electrons. The molecule has 160 valence electrons. The molecule has 0 unspecified atom stereocenters. The van der Waals surface area contributed by atoms with E-state index < -0.39 is 0 Å². The normalized spacial score (nSPS) is 11.2. The summed E-state index contributed by atoms with van der Waals surface area (Å²) < 4.78 is 6.52. The number of rotatable bonds is 6. The summed E-state index contributed by atoms with van der Waals surface area (Å²) in [5, 5.41) is 12.1. The molecule has 6 nitrogen and oxygen atoms in total. The maximum absolute atomic E-state index is 13.1. The summed E-state index contributed by atoms with van der Waals surface area (Å²) in [5.41, 5.74) is 2.12. The lowest BCUT2D eigenvalue weighted by atomic mass is 10.1. The van der Waals surface area contributed by atoms with Gasteiger partial charge in [-0.05, 0) is 42.8 Å². The number of hydrogen-bond acceptors (Lipinski definition) is 5. The van der Waals surface area contributed by atoms with Gasteiger partial charge < -0.3 is 9.84 Å². The van der Waals surface area contributed by atoms with Crippen LogP contribution in [-0.4, -0.2) is 28.8 Å². The number of pyridine rings is 1. The second-order valence-electron chi connectivity index (χ2n) is 7.39. The molecule has 32 heavy (non-hydrogen) atoms. The van der Waals surface area contributed by atoms with Gasteiger partial charge in [0.2, 0.25) is 5.88 Å². The smallest absolute Gasteiger partial charge is 0.261 e. The number of nitrogens with zero attached hydrogens (tertiary/aromatic N) is 2. The number of hydrogen-bond donors (Lipinski definition) is 1. The first-order chi connectivity index (χ1) is 15.5. The SMILES string of the molecule is COc1ccc(Cn2c(O)c(C=Nc3cccc(C(C)=O)c3)c3ccccc3c2=O)cc1. The molecule has 0 spiro atoms. The summed E-state index contributed by atoms with van der Waals surface area (Å²) in [4.78, 5) is 29.2. The first-order valence-electron chi connectivity index (χ1n) is 10.1. The Hall–Kier alpha value is -4.19. The minimum Gasteiger partial charge on any atom is -0.497 e. The van der Waals surface area contributed by atoms with Crippen LogP contribution < -0.4 is 10.3 Å². The molecular weight excluding hydrogens is 404 g/mol. The number of aliphatic imine (C=N–C) groups is 1. The van der Waals surface area contributed by atoms with E-state index in [1.807, 2.05) is 30.3 Å². The molecule has 0 aliphatic rings. The highest BCUT2D eigenvalue weighted by Gasteiger charge is 2.15. The molecule has 0 bridgehead atoms. The van der Waals surface area contributed by atoms with Crippen LogP contribution in [0, 0.1) is 0 Å². The van der Waals surface area contributed by atoms with Crippen molar-refractivity contribution >= 4 is 28.5 Å². The third-order valence-electron chi connectivity index (χ3n) is 5.28. The van der Waals surface area contributed by atoms with Crippen molar-refractivity contribution in [1.82, 2.24) is 4.57 Å². The third-order valence-corrected chi connectivity index (χ3v) is 5.28. The van der Waals surface area contributed by atoms with Crippen molar-refractivity contribution in [3.8, 4) is 11.6 Å². The second kappa shape index (κ2) is 8.89. The molecule has 6 heteroatoms. The summed E-state index contributed by atoms with van der Waals surface area (Å²) in [5.74, 6) is 0.490. The number of carbonyl (C=O) groups excluding carboxylic acids is 1. The van der Waals surface area contributed by atoms with Crippen LogP contribution in [0.4, 0.5) is 5.69 Å². The number of fused-ring (bicyclic) bond motifs is 1. The molecule has 1 heterocycles. The minimum atomic E-state index is -0.287. The van der Waals surface area contributed by atoms with Gasteiger partial charge in [-0.25, -0.2) is 0 Å². The Bertz CT molecular complexity index is 1390. The molecule has 0 saturated heterocycles. The van der Waals surface area contributed by atoms with Gasteiger partial charge in [0.25, 0.3) is 5.56 Å². The molecule has 0 atom stereocenters. The summed E-state index contributed by atoms with van der Waals surface area (Å²) in [6.45, 7) is 1.69. The second-order valence-corrected chi connectivity index (χ2v) is 7.39. The maximum atomic E-state index is 13.1. The first kappa shape index (κ1) is 21.1. The minimum absolute atomic E-state index is 0.0524. The number of ketones is 1. The predicted octanol–water partition coefficient (Wildman–Crippen LogP) is 4.72. The zero-order valence-corrected chi connectivity index (χ0v) is 17.8. The zero-order valence-electron chi connectivity index (χ0n) is 17.8. The number of aromatic hydroxyl groups is 1. The highest BCUT2D eigenvalue weighted by atomic mass is 16.5. The van der Waals surface area contributed by atoms with E-state index in [0.29, 0.717) is 33.3 Å². The standard InChI is InChI=1S/C26H22N2O4/c1-17(29)19-6-5-7-20(14-19)27-15-24-22-8-3-4-9-23(22)25(30)28(26(24)31)16-18-10-12-21(32-2)13-11-18/h3-15,31H,16H2,1-2H3. The molecule has 4 aromatic rings. The van der Waals surface area contributed by atoms with E-state index in [-0.39, 0.29) is 23.8 Å². The van der Waals surface area contributed by atoms with E-state index in [0.717, 1.165) is 5.56 Å². The quantitative estimate of drug-likeness (QED) is 0.357. The largest absolute Gasteiger partial charge is 0.497 e. The molecule has 0 aliphatic carbocycles. The fourth-order valence-corrected chi connectivity index (χ4v) is 3.54. The Labute approximate surface area is 185 Å². The third kappa shape index (κ3) is 4.16. The van der Waals surface area contributed by atoms with E-state index in [1.54, 1.807) is 49.6 Å². The first-order valence-corrected chi connectivity index (χ1v) is 10.1. The average Bonchev–Trinajstić information content (AvgIpc) is 2.82. The Morgan fingerprint density at radius 3 is 2.44 bits per heavy atom. The molecule has 0 fully saturated rings. The average molecular weight is 426 g/mol. The van der Waals surface area contributed by atoms with Crippen molar-refractivity contribution in [2.24, 2.45) is 4.99 Å². The highest BCUT2D eigenvalue weighted by molar-refractivity contribution is 6.02. The Kier molecular flexibility index (Phi) is 5.85. The van der Waals surface area contributed by atoms with Gasteiger partial charge in [-0.2, -0.15) is 0 Å². The van der Waals surface area contributed by atoms with Crippen LogP contribution >= 0.6 is 0 Å². The van der Waals surface area contributed by atoms with Crippen molar-refractivity contribution in [3.63, 3.8) is 0 Å². The topological polar surface area (TPSA) is 80.9 Å².